The summed E-state index contributed by atoms with van der Waals surface area (Å²) in [7, 11) is 0. The van der Waals surface area contributed by atoms with Gasteiger partial charge in [-0.05, 0) is 30.4 Å². The summed E-state index contributed by atoms with van der Waals surface area (Å²) in [6.45, 7) is 1.49. The van der Waals surface area contributed by atoms with Gasteiger partial charge in [-0.15, -0.1) is 0 Å². The molecule has 1 N–H and O–H groups in total. The molecule has 1 aromatic heterocycles. The molecule has 0 aliphatic rings. The van der Waals surface area contributed by atoms with Crippen LogP contribution < -0.4 is 0 Å². The SMILES string of the molecule is CC(=O)n1c(=S)[nH]c2cc(Br)ccc21. The lowest BCUT2D eigenvalue weighted by atomic mass is 10.3. The van der Waals surface area contributed by atoms with Crippen molar-refractivity contribution in [3.8, 4) is 0 Å². The van der Waals surface area contributed by atoms with E-state index in [-0.39, 0.29) is 5.91 Å². The Morgan fingerprint density at radius 1 is 1.57 bits per heavy atom. The van der Waals surface area contributed by atoms with Crippen LogP contribution in [-0.2, 0) is 0 Å². The Morgan fingerprint density at radius 3 is 2.93 bits per heavy atom. The monoisotopic (exact) mass is 270 g/mol. The Labute approximate surface area is 93.9 Å². The van der Waals surface area contributed by atoms with Gasteiger partial charge in [0, 0.05) is 11.4 Å². The van der Waals surface area contributed by atoms with Crippen molar-refractivity contribution in [1.29, 1.82) is 0 Å². The summed E-state index contributed by atoms with van der Waals surface area (Å²) in [5.41, 5.74) is 1.67. The van der Waals surface area contributed by atoms with E-state index in [1.54, 1.807) is 0 Å². The second kappa shape index (κ2) is 3.33. The number of nitrogens with zero attached hydrogens (tertiary/aromatic N) is 1. The number of hydrogen-bond donors (Lipinski definition) is 1. The van der Waals surface area contributed by atoms with E-state index in [9.17, 15) is 4.79 Å². The largest absolute Gasteiger partial charge is 0.330 e. The van der Waals surface area contributed by atoms with Crippen LogP contribution in [0.2, 0.25) is 0 Å². The van der Waals surface area contributed by atoms with Crippen LogP contribution >= 0.6 is 28.1 Å². The zero-order valence-corrected chi connectivity index (χ0v) is 9.78. The van der Waals surface area contributed by atoms with Gasteiger partial charge in [0.25, 0.3) is 0 Å². The van der Waals surface area contributed by atoms with Gasteiger partial charge in [-0.2, -0.15) is 0 Å². The summed E-state index contributed by atoms with van der Waals surface area (Å²) in [6, 6.07) is 5.63. The van der Waals surface area contributed by atoms with E-state index in [0.29, 0.717) is 4.77 Å². The molecule has 0 aliphatic heterocycles. The van der Waals surface area contributed by atoms with Crippen LogP contribution in [0.3, 0.4) is 0 Å². The topological polar surface area (TPSA) is 37.8 Å². The molecule has 5 heteroatoms. The molecule has 0 atom stereocenters. The second-order valence-electron chi connectivity index (χ2n) is 2.95. The summed E-state index contributed by atoms with van der Waals surface area (Å²) in [5.74, 6) is -0.0800. The molecule has 3 nitrogen and oxygen atoms in total. The number of fused-ring (bicyclic) bond motifs is 1. The van der Waals surface area contributed by atoms with E-state index in [1.165, 1.54) is 11.5 Å². The highest BCUT2D eigenvalue weighted by Crippen LogP contribution is 2.19. The standard InChI is InChI=1S/C9H7BrN2OS/c1-5(13)12-8-3-2-6(10)4-7(8)11-9(12)14/h2-4H,1H3,(H,11,14). The number of carbonyl (C=O) groups excluding carboxylic acids is 1. The third-order valence-corrected chi connectivity index (χ3v) is 2.74. The quantitative estimate of drug-likeness (QED) is 0.747. The molecule has 2 rings (SSSR count). The average molecular weight is 271 g/mol. The Morgan fingerprint density at radius 2 is 2.29 bits per heavy atom. The van der Waals surface area contributed by atoms with Gasteiger partial charge in [-0.1, -0.05) is 15.9 Å². The Bertz CT molecular complexity index is 570. The van der Waals surface area contributed by atoms with Gasteiger partial charge < -0.3 is 4.98 Å². The molecule has 72 valence electrons. The van der Waals surface area contributed by atoms with Crippen LogP contribution in [-0.4, -0.2) is 15.5 Å². The molecule has 0 aliphatic carbocycles. The molecule has 2 aromatic rings. The molecule has 0 spiro atoms. The number of imidazole rings is 1. The van der Waals surface area contributed by atoms with E-state index < -0.39 is 0 Å². The number of aromatic nitrogens is 2. The molecule has 0 saturated carbocycles. The van der Waals surface area contributed by atoms with Crippen LogP contribution in [0, 0.1) is 4.77 Å². The minimum atomic E-state index is -0.0800. The number of benzene rings is 1. The maximum atomic E-state index is 11.3. The number of rotatable bonds is 0. The number of hydrogen-bond acceptors (Lipinski definition) is 2. The van der Waals surface area contributed by atoms with Crippen molar-refractivity contribution < 1.29 is 4.79 Å². The Balaban J connectivity index is 2.91. The van der Waals surface area contributed by atoms with Gasteiger partial charge in [0.2, 0.25) is 5.91 Å². The summed E-state index contributed by atoms with van der Waals surface area (Å²) in [5, 5.41) is 0. The van der Waals surface area contributed by atoms with Crippen molar-refractivity contribution in [2.75, 3.05) is 0 Å². The molecule has 0 bridgehead atoms. The highest BCUT2D eigenvalue weighted by molar-refractivity contribution is 9.10. The molecule has 14 heavy (non-hydrogen) atoms. The van der Waals surface area contributed by atoms with Crippen LogP contribution in [0.25, 0.3) is 11.0 Å². The maximum absolute atomic E-state index is 11.3. The van der Waals surface area contributed by atoms with E-state index >= 15 is 0 Å². The predicted octanol–water partition coefficient (Wildman–Crippen LogP) is 3.12. The van der Waals surface area contributed by atoms with Gasteiger partial charge in [0.15, 0.2) is 4.77 Å². The summed E-state index contributed by atoms with van der Waals surface area (Å²) < 4.78 is 2.87. The summed E-state index contributed by atoms with van der Waals surface area (Å²) in [6.07, 6.45) is 0. The summed E-state index contributed by atoms with van der Waals surface area (Å²) in [4.78, 5) is 14.3. The zero-order chi connectivity index (χ0) is 10.3. The predicted molar refractivity (Wildman–Crippen MR) is 61.1 cm³/mol. The van der Waals surface area contributed by atoms with Crippen molar-refractivity contribution in [2.24, 2.45) is 0 Å². The lowest BCUT2D eigenvalue weighted by Gasteiger charge is -1.97. The third kappa shape index (κ3) is 1.42. The number of aromatic amines is 1. The zero-order valence-electron chi connectivity index (χ0n) is 7.37. The first-order chi connectivity index (χ1) is 6.59. The lowest BCUT2D eigenvalue weighted by Crippen LogP contribution is -2.04. The molecule has 0 unspecified atom stereocenters. The number of carbonyl (C=O) groups is 1. The smallest absolute Gasteiger partial charge is 0.230 e. The lowest BCUT2D eigenvalue weighted by molar-refractivity contribution is 0.0939. The van der Waals surface area contributed by atoms with Gasteiger partial charge in [-0.3, -0.25) is 9.36 Å². The molecule has 1 heterocycles. The molecule has 0 amide bonds. The normalized spacial score (nSPS) is 10.7. The van der Waals surface area contributed by atoms with E-state index in [4.69, 9.17) is 12.2 Å². The van der Waals surface area contributed by atoms with Crippen molar-refractivity contribution in [1.82, 2.24) is 9.55 Å². The van der Waals surface area contributed by atoms with Crippen molar-refractivity contribution >= 4 is 45.1 Å². The molecule has 0 fully saturated rings. The van der Waals surface area contributed by atoms with Crippen LogP contribution in [0.1, 0.15) is 11.7 Å². The number of H-pyrrole nitrogens is 1. The average Bonchev–Trinajstić information content (AvgIpc) is 2.39. The minimum absolute atomic E-state index is 0.0800. The van der Waals surface area contributed by atoms with Crippen molar-refractivity contribution in [2.45, 2.75) is 6.92 Å². The highest BCUT2D eigenvalue weighted by Gasteiger charge is 2.07. The molecule has 0 radical (unpaired) electrons. The molecular weight excluding hydrogens is 264 g/mol. The van der Waals surface area contributed by atoms with Gasteiger partial charge in [0.1, 0.15) is 0 Å². The summed E-state index contributed by atoms with van der Waals surface area (Å²) >= 11 is 8.40. The Kier molecular flexibility index (Phi) is 2.28. The van der Waals surface area contributed by atoms with Gasteiger partial charge >= 0.3 is 0 Å². The van der Waals surface area contributed by atoms with Crippen LogP contribution in [0.15, 0.2) is 22.7 Å². The molecular formula is C9H7BrN2OS. The minimum Gasteiger partial charge on any atom is -0.330 e. The van der Waals surface area contributed by atoms with Crippen molar-refractivity contribution in [3.05, 3.63) is 27.4 Å². The van der Waals surface area contributed by atoms with E-state index in [2.05, 4.69) is 20.9 Å². The maximum Gasteiger partial charge on any atom is 0.230 e. The van der Waals surface area contributed by atoms with Gasteiger partial charge in [-0.25, -0.2) is 0 Å². The van der Waals surface area contributed by atoms with Crippen LogP contribution in [0.5, 0.6) is 0 Å². The first kappa shape index (κ1) is 9.61. The van der Waals surface area contributed by atoms with Gasteiger partial charge in [0.05, 0.1) is 11.0 Å². The third-order valence-electron chi connectivity index (χ3n) is 1.96. The van der Waals surface area contributed by atoms with E-state index in [0.717, 1.165) is 15.5 Å². The highest BCUT2D eigenvalue weighted by atomic mass is 79.9. The second-order valence-corrected chi connectivity index (χ2v) is 4.25. The molecule has 1 aromatic carbocycles. The molecule has 0 saturated heterocycles. The first-order valence-electron chi connectivity index (χ1n) is 4.01. The first-order valence-corrected chi connectivity index (χ1v) is 5.21. The number of halogens is 1. The van der Waals surface area contributed by atoms with Crippen LogP contribution in [0.4, 0.5) is 0 Å². The number of nitrogens with one attached hydrogen (secondary N) is 1. The fraction of sp³-hybridized carbons (Fsp3) is 0.111. The Hall–Kier alpha value is -0.940. The van der Waals surface area contributed by atoms with Crippen molar-refractivity contribution in [3.63, 3.8) is 0 Å². The fourth-order valence-electron chi connectivity index (χ4n) is 1.40. The fourth-order valence-corrected chi connectivity index (χ4v) is 2.09. The van der Waals surface area contributed by atoms with E-state index in [1.807, 2.05) is 18.2 Å².